The van der Waals surface area contributed by atoms with Crippen molar-refractivity contribution in [2.75, 3.05) is 0 Å². The largest absolute Gasteiger partial charge is 0.457 e. The Morgan fingerprint density at radius 2 is 2.27 bits per heavy atom. The highest BCUT2D eigenvalue weighted by Gasteiger charge is 2.14. The predicted octanol–water partition coefficient (Wildman–Crippen LogP) is 2.98. The quantitative estimate of drug-likeness (QED) is 0.785. The highest BCUT2D eigenvalue weighted by atomic mass is 79.9. The third-order valence-electron chi connectivity index (χ3n) is 2.00. The number of aryl methyl sites for hydroxylation is 1. The highest BCUT2D eigenvalue weighted by molar-refractivity contribution is 9.10. The summed E-state index contributed by atoms with van der Waals surface area (Å²) in [7, 11) is 0. The van der Waals surface area contributed by atoms with Crippen LogP contribution in [0.5, 0.6) is 0 Å². The molecule has 2 rings (SSSR count). The van der Waals surface area contributed by atoms with Crippen molar-refractivity contribution in [1.82, 2.24) is 4.98 Å². The third kappa shape index (κ3) is 1.99. The molecule has 0 amide bonds. The zero-order chi connectivity index (χ0) is 10.8. The Morgan fingerprint density at radius 1 is 1.47 bits per heavy atom. The number of rotatable bonds is 2. The Balaban J connectivity index is 2.41. The first-order valence-corrected chi connectivity index (χ1v) is 5.17. The molecule has 0 fully saturated rings. The van der Waals surface area contributed by atoms with E-state index in [-0.39, 0.29) is 5.78 Å². The zero-order valence-corrected chi connectivity index (χ0v) is 9.61. The third-order valence-corrected chi connectivity index (χ3v) is 2.61. The molecule has 0 unspecified atom stereocenters. The van der Waals surface area contributed by atoms with E-state index >= 15 is 0 Å². The first kappa shape index (κ1) is 10.1. The molecular weight excluding hydrogens is 258 g/mol. The Hall–Kier alpha value is -1.42. The van der Waals surface area contributed by atoms with Gasteiger partial charge in [-0.3, -0.25) is 9.78 Å². The number of furan rings is 1. The Morgan fingerprint density at radius 3 is 2.87 bits per heavy atom. The van der Waals surface area contributed by atoms with E-state index in [0.717, 1.165) is 5.56 Å². The summed E-state index contributed by atoms with van der Waals surface area (Å²) in [5.41, 5.74) is 2.04. The molecule has 0 aromatic carbocycles. The lowest BCUT2D eigenvalue weighted by Crippen LogP contribution is -2.01. The van der Waals surface area contributed by atoms with Gasteiger partial charge in [0.15, 0.2) is 10.5 Å². The molecule has 0 aliphatic heterocycles. The number of nitrogens with zero attached hydrogens (tertiary/aromatic N) is 1. The van der Waals surface area contributed by atoms with Crippen LogP contribution in [-0.2, 0) is 0 Å². The average molecular weight is 266 g/mol. The maximum atomic E-state index is 12.0. The number of carbonyl (C=O) groups excluding carboxylic acids is 1. The molecule has 0 aliphatic carbocycles. The van der Waals surface area contributed by atoms with E-state index in [9.17, 15) is 4.79 Å². The van der Waals surface area contributed by atoms with Crippen LogP contribution in [0.3, 0.4) is 0 Å². The predicted molar refractivity (Wildman–Crippen MR) is 58.8 cm³/mol. The summed E-state index contributed by atoms with van der Waals surface area (Å²) in [6, 6.07) is 3.43. The minimum Gasteiger partial charge on any atom is -0.457 e. The molecule has 0 saturated carbocycles. The van der Waals surface area contributed by atoms with Gasteiger partial charge in [0.05, 0.1) is 11.8 Å². The van der Waals surface area contributed by atoms with Crippen molar-refractivity contribution in [3.63, 3.8) is 0 Å². The normalized spacial score (nSPS) is 10.3. The van der Waals surface area contributed by atoms with E-state index < -0.39 is 0 Å². The first-order chi connectivity index (χ1) is 7.18. The van der Waals surface area contributed by atoms with Gasteiger partial charge in [0.1, 0.15) is 0 Å². The van der Waals surface area contributed by atoms with E-state index in [1.54, 1.807) is 24.5 Å². The molecular formula is C11H8BrNO2. The van der Waals surface area contributed by atoms with Crippen molar-refractivity contribution in [2.24, 2.45) is 0 Å². The van der Waals surface area contributed by atoms with Crippen LogP contribution in [0.4, 0.5) is 0 Å². The maximum Gasteiger partial charge on any atom is 0.199 e. The molecule has 15 heavy (non-hydrogen) atoms. The summed E-state index contributed by atoms with van der Waals surface area (Å²) in [5.74, 6) is -0.0909. The minimum atomic E-state index is -0.0909. The number of aromatic nitrogens is 1. The summed E-state index contributed by atoms with van der Waals surface area (Å²) >= 11 is 3.17. The van der Waals surface area contributed by atoms with Crippen LogP contribution in [0.1, 0.15) is 21.5 Å². The zero-order valence-electron chi connectivity index (χ0n) is 8.03. The van der Waals surface area contributed by atoms with Crippen molar-refractivity contribution in [2.45, 2.75) is 6.92 Å². The number of hydrogen-bond acceptors (Lipinski definition) is 3. The standard InChI is InChI=1S/C11H8BrNO2/c1-7-4-8(6-13-5-7)10(14)9-2-3-15-11(9)12/h2-6H,1H3. The van der Waals surface area contributed by atoms with Crippen LogP contribution >= 0.6 is 15.9 Å². The lowest BCUT2D eigenvalue weighted by Gasteiger charge is -1.99. The van der Waals surface area contributed by atoms with Crippen molar-refractivity contribution >= 4 is 21.7 Å². The SMILES string of the molecule is Cc1cncc(C(=O)c2ccoc2Br)c1. The van der Waals surface area contributed by atoms with Gasteiger partial charge in [-0.25, -0.2) is 0 Å². The van der Waals surface area contributed by atoms with Crippen LogP contribution in [0.15, 0.2) is 39.9 Å². The number of hydrogen-bond donors (Lipinski definition) is 0. The monoisotopic (exact) mass is 265 g/mol. The number of ketones is 1. The topological polar surface area (TPSA) is 43.1 Å². The second kappa shape index (κ2) is 3.98. The van der Waals surface area contributed by atoms with Crippen LogP contribution < -0.4 is 0 Å². The molecule has 4 heteroatoms. The fourth-order valence-electron chi connectivity index (χ4n) is 1.29. The second-order valence-corrected chi connectivity index (χ2v) is 3.91. The van der Waals surface area contributed by atoms with Gasteiger partial charge in [-0.2, -0.15) is 0 Å². The number of pyridine rings is 1. The van der Waals surface area contributed by atoms with Crippen molar-refractivity contribution in [3.8, 4) is 0 Å². The summed E-state index contributed by atoms with van der Waals surface area (Å²) in [6.45, 7) is 1.90. The maximum absolute atomic E-state index is 12.0. The molecule has 0 spiro atoms. The van der Waals surface area contributed by atoms with Crippen molar-refractivity contribution < 1.29 is 9.21 Å². The van der Waals surface area contributed by atoms with Gasteiger partial charge in [0.2, 0.25) is 0 Å². The molecule has 0 radical (unpaired) electrons. The van der Waals surface area contributed by atoms with Crippen LogP contribution in [0.25, 0.3) is 0 Å². The van der Waals surface area contributed by atoms with E-state index in [2.05, 4.69) is 20.9 Å². The van der Waals surface area contributed by atoms with Gasteiger partial charge in [0.25, 0.3) is 0 Å². The summed E-state index contributed by atoms with van der Waals surface area (Å²) in [6.07, 6.45) is 4.73. The van der Waals surface area contributed by atoms with E-state index in [1.165, 1.54) is 6.26 Å². The first-order valence-electron chi connectivity index (χ1n) is 4.38. The van der Waals surface area contributed by atoms with Crippen LogP contribution in [0, 0.1) is 6.92 Å². The van der Waals surface area contributed by atoms with E-state index in [0.29, 0.717) is 15.8 Å². The second-order valence-electron chi connectivity index (χ2n) is 3.19. The van der Waals surface area contributed by atoms with Crippen molar-refractivity contribution in [3.05, 3.63) is 52.1 Å². The van der Waals surface area contributed by atoms with Crippen molar-refractivity contribution in [1.29, 1.82) is 0 Å². The molecule has 2 heterocycles. The van der Waals surface area contributed by atoms with Gasteiger partial charge in [-0.15, -0.1) is 0 Å². The summed E-state index contributed by atoms with van der Waals surface area (Å²) in [5, 5.41) is 0. The molecule has 0 atom stereocenters. The van der Waals surface area contributed by atoms with Crippen LogP contribution in [-0.4, -0.2) is 10.8 Å². The molecule has 76 valence electrons. The molecule has 0 saturated heterocycles. The van der Waals surface area contributed by atoms with Gasteiger partial charge < -0.3 is 4.42 Å². The van der Waals surface area contributed by atoms with Gasteiger partial charge in [-0.05, 0) is 40.5 Å². The molecule has 0 N–H and O–H groups in total. The number of carbonyl (C=O) groups is 1. The summed E-state index contributed by atoms with van der Waals surface area (Å²) in [4.78, 5) is 15.9. The van der Waals surface area contributed by atoms with Gasteiger partial charge in [-0.1, -0.05) is 0 Å². The molecule has 2 aromatic rings. The smallest absolute Gasteiger partial charge is 0.199 e. The molecule has 3 nitrogen and oxygen atoms in total. The molecule has 2 aromatic heterocycles. The average Bonchev–Trinajstić information content (AvgIpc) is 2.63. The fraction of sp³-hybridized carbons (Fsp3) is 0.0909. The lowest BCUT2D eigenvalue weighted by atomic mass is 10.1. The van der Waals surface area contributed by atoms with E-state index in [1.807, 2.05) is 6.92 Å². The van der Waals surface area contributed by atoms with Gasteiger partial charge in [0, 0.05) is 18.0 Å². The highest BCUT2D eigenvalue weighted by Crippen LogP contribution is 2.20. The lowest BCUT2D eigenvalue weighted by molar-refractivity contribution is 0.103. The fourth-order valence-corrected chi connectivity index (χ4v) is 1.71. The minimum absolute atomic E-state index is 0.0909. The molecule has 0 bridgehead atoms. The number of halogens is 1. The Labute approximate surface area is 95.3 Å². The van der Waals surface area contributed by atoms with Crippen LogP contribution in [0.2, 0.25) is 0 Å². The van der Waals surface area contributed by atoms with E-state index in [4.69, 9.17) is 4.42 Å². The van der Waals surface area contributed by atoms with Gasteiger partial charge >= 0.3 is 0 Å². The molecule has 0 aliphatic rings. The Kier molecular flexibility index (Phi) is 2.68. The Bertz CT molecular complexity index is 505. The summed E-state index contributed by atoms with van der Waals surface area (Å²) < 4.78 is 5.47.